The highest BCUT2D eigenvalue weighted by Crippen LogP contribution is 2.52. The molecule has 0 atom stereocenters. The summed E-state index contributed by atoms with van der Waals surface area (Å²) in [6, 6.07) is 54.8. The molecule has 0 amide bonds. The quantitative estimate of drug-likeness (QED) is 0.0357. The number of aromatic nitrogens is 2. The lowest BCUT2D eigenvalue weighted by Crippen LogP contribution is -2.13. The number of nitrogens with zero attached hydrogens (tertiary/aromatic N) is 2. The lowest BCUT2D eigenvalue weighted by atomic mass is 9.97. The minimum Gasteiger partial charge on any atom is -0.494 e. The van der Waals surface area contributed by atoms with Crippen molar-refractivity contribution in [2.24, 2.45) is 0 Å². The summed E-state index contributed by atoms with van der Waals surface area (Å²) in [5.74, 6) is 2.62. The summed E-state index contributed by atoms with van der Waals surface area (Å²) in [7, 11) is 0. The van der Waals surface area contributed by atoms with Gasteiger partial charge >= 0.3 is 0 Å². The van der Waals surface area contributed by atoms with Crippen molar-refractivity contribution in [1.82, 2.24) is 9.13 Å². The Hall–Kier alpha value is -7.48. The fourth-order valence-electron chi connectivity index (χ4n) is 15.2. The van der Waals surface area contributed by atoms with Crippen molar-refractivity contribution in [3.8, 4) is 63.4 Å². The summed E-state index contributed by atoms with van der Waals surface area (Å²) < 4.78 is 68.8. The molecule has 0 radical (unpaired) electrons. The Morgan fingerprint density at radius 1 is 0.311 bits per heavy atom. The molecule has 6 aromatic carbocycles. The lowest BCUT2D eigenvalue weighted by molar-refractivity contribution is 0.304. The number of fused-ring (bicyclic) bond motifs is 5. The van der Waals surface area contributed by atoms with E-state index in [2.05, 4.69) is 210 Å². The maximum absolute atomic E-state index is 18.9. The number of hydrogen-bond donors (Lipinski definition) is 0. The number of benzene rings is 6. The van der Waals surface area contributed by atoms with E-state index < -0.39 is 12.1 Å². The van der Waals surface area contributed by atoms with Crippen molar-refractivity contribution in [2.45, 2.75) is 234 Å². The zero-order valence-electron chi connectivity index (χ0n) is 64.3. The average Bonchev–Trinajstić information content (AvgIpc) is 1.53. The molecule has 0 aliphatic rings. The maximum atomic E-state index is 18.9. The number of halogens is 2. The van der Waals surface area contributed by atoms with Crippen LogP contribution in [-0.4, -0.2) is 35.6 Å². The van der Waals surface area contributed by atoms with Crippen LogP contribution in [0.3, 0.4) is 0 Å². The molecule has 0 N–H and O–H groups in total. The molecule has 0 fully saturated rings. The minimum absolute atomic E-state index is 0.306. The first-order chi connectivity index (χ1) is 52.0. The van der Waals surface area contributed by atoms with Crippen molar-refractivity contribution >= 4 is 78.2 Å². The minimum atomic E-state index is -0.523. The molecule has 0 aliphatic carbocycles. The van der Waals surface area contributed by atoms with E-state index in [-0.39, 0.29) is 11.6 Å². The molecule has 0 bridgehead atoms. The van der Waals surface area contributed by atoms with Gasteiger partial charge in [-0.25, -0.2) is 8.78 Å². The lowest BCUT2D eigenvalue weighted by Gasteiger charge is -2.24. The van der Waals surface area contributed by atoms with Crippen LogP contribution in [0.5, 0.6) is 23.0 Å². The zero-order chi connectivity index (χ0) is 73.7. The largest absolute Gasteiger partial charge is 0.494 e. The highest BCUT2D eigenvalue weighted by atomic mass is 32.1. The molecular formula is C94H112F2N2O4S4. The van der Waals surface area contributed by atoms with Gasteiger partial charge in [-0.3, -0.25) is 0 Å². The summed E-state index contributed by atoms with van der Waals surface area (Å²) in [5, 5.41) is 1.46. The van der Waals surface area contributed by atoms with E-state index in [1.165, 1.54) is 78.9 Å². The number of thiophene rings is 4. The van der Waals surface area contributed by atoms with Crippen molar-refractivity contribution in [1.29, 1.82) is 0 Å². The molecule has 560 valence electrons. The van der Waals surface area contributed by atoms with Crippen molar-refractivity contribution in [3.63, 3.8) is 0 Å². The second-order valence-electron chi connectivity index (χ2n) is 29.2. The Labute approximate surface area is 647 Å². The van der Waals surface area contributed by atoms with Crippen molar-refractivity contribution < 1.29 is 27.7 Å². The number of aryl methyl sites for hydroxylation is 4. The standard InChI is InChI=1S/C94H112F2N2O4S4/c1-9-15-21-27-33-71-59-87(105-93(71)85-53-35-65(7)103-85)77-63-83-79(61-81(77)95)91-92(97(83)89(67-37-45-73(46-38-67)99-55-29-23-17-11-3)68-39-47-74(48-40-68)100-56-30-24-18-12-4)80-62-82(96)78(88-60-72(34-28-22-16-10-2)94(106-88)86-54-36-66(8)104-86)64-84(80)98(91)90(69-41-49-75(50-42-69)101-57-31-25-19-13-5)70-43-51-76(52-44-70)102-58-32-26-20-14-6/h35-54,59-64,89-90H,9-34,55-58H2,1-8H3. The SMILES string of the molecule is CCCCCCOc1ccc(C(c2ccc(OCCCCCC)cc2)n2c3cc(-c4cc(CCCCCC)c(-c5ccc(C)s5)s4)c(F)cc3c3c2c2cc(F)c(-c4cc(CCCCCC)c(-c5ccc(C)s5)s4)cc2n3C(c2ccc(OCCCCCC)cc2)c2ccc(OCCCCCC)cc2)cc1. The maximum Gasteiger partial charge on any atom is 0.132 e. The van der Waals surface area contributed by atoms with Gasteiger partial charge in [-0.05, 0) is 208 Å². The van der Waals surface area contributed by atoms with Crippen LogP contribution in [0.2, 0.25) is 0 Å². The van der Waals surface area contributed by atoms with Gasteiger partial charge in [0.25, 0.3) is 0 Å². The Kier molecular flexibility index (Phi) is 28.8. The summed E-state index contributed by atoms with van der Waals surface area (Å²) in [6.45, 7) is 20.3. The van der Waals surface area contributed by atoms with Crippen LogP contribution < -0.4 is 18.9 Å². The van der Waals surface area contributed by atoms with Gasteiger partial charge in [0.2, 0.25) is 0 Å². The molecule has 6 aromatic heterocycles. The van der Waals surface area contributed by atoms with Crippen LogP contribution in [-0.2, 0) is 12.8 Å². The van der Waals surface area contributed by atoms with Gasteiger partial charge in [-0.1, -0.05) is 206 Å². The van der Waals surface area contributed by atoms with Crippen molar-refractivity contribution in [2.75, 3.05) is 26.4 Å². The molecular weight excluding hydrogens is 1390 g/mol. The third kappa shape index (κ3) is 19.1. The van der Waals surface area contributed by atoms with Gasteiger partial charge in [-0.15, -0.1) is 45.3 Å². The number of rotatable bonds is 44. The topological polar surface area (TPSA) is 46.8 Å². The first-order valence-corrected chi connectivity index (χ1v) is 43.6. The average molecular weight is 1500 g/mol. The van der Waals surface area contributed by atoms with E-state index in [0.717, 1.165) is 216 Å². The summed E-state index contributed by atoms with van der Waals surface area (Å²) in [4.78, 5) is 9.12. The van der Waals surface area contributed by atoms with E-state index in [9.17, 15) is 0 Å². The fourth-order valence-corrected chi connectivity index (χ4v) is 19.6. The monoisotopic (exact) mass is 1500 g/mol. The van der Waals surface area contributed by atoms with Crippen LogP contribution in [0.25, 0.3) is 73.2 Å². The zero-order valence-corrected chi connectivity index (χ0v) is 67.6. The molecule has 0 saturated heterocycles. The van der Waals surface area contributed by atoms with E-state index in [1.807, 2.05) is 12.1 Å². The Morgan fingerprint density at radius 3 is 0.877 bits per heavy atom. The number of hydrogen-bond acceptors (Lipinski definition) is 8. The molecule has 6 heterocycles. The molecule has 12 heteroatoms. The Morgan fingerprint density at radius 2 is 0.604 bits per heavy atom. The first-order valence-electron chi connectivity index (χ1n) is 40.3. The van der Waals surface area contributed by atoms with E-state index in [4.69, 9.17) is 18.9 Å². The van der Waals surface area contributed by atoms with Crippen LogP contribution in [0.15, 0.2) is 158 Å². The fraction of sp³-hybridized carbons (Fsp3) is 0.426. The van der Waals surface area contributed by atoms with Crippen molar-refractivity contribution in [3.05, 3.63) is 212 Å². The number of ether oxygens (including phenoxy) is 4. The second-order valence-corrected chi connectivity index (χ2v) is 33.9. The molecule has 0 aliphatic heterocycles. The van der Waals surface area contributed by atoms with E-state index in [1.54, 1.807) is 45.3 Å². The van der Waals surface area contributed by atoms with Crippen LogP contribution in [0, 0.1) is 25.5 Å². The predicted molar refractivity (Wildman–Crippen MR) is 452 cm³/mol. The molecule has 12 aromatic rings. The third-order valence-corrected chi connectivity index (χ3v) is 25.7. The van der Waals surface area contributed by atoms with E-state index >= 15 is 8.78 Å². The molecule has 106 heavy (non-hydrogen) atoms. The molecule has 0 unspecified atom stereocenters. The Bertz CT molecular complexity index is 4290. The van der Waals surface area contributed by atoms with Gasteiger partial charge in [0.1, 0.15) is 34.6 Å². The van der Waals surface area contributed by atoms with Gasteiger partial charge < -0.3 is 28.1 Å². The van der Waals surface area contributed by atoms with Crippen LogP contribution in [0.4, 0.5) is 8.78 Å². The Balaban J connectivity index is 1.17. The summed E-state index contributed by atoms with van der Waals surface area (Å²) in [6.07, 6.45) is 28.6. The summed E-state index contributed by atoms with van der Waals surface area (Å²) in [5.41, 5.74) is 10.9. The third-order valence-electron chi connectivity index (χ3n) is 20.9. The van der Waals surface area contributed by atoms with Crippen LogP contribution >= 0.6 is 45.3 Å². The molecule has 0 saturated carbocycles. The smallest absolute Gasteiger partial charge is 0.132 e. The normalized spacial score (nSPS) is 11.8. The second kappa shape index (κ2) is 39.1. The van der Waals surface area contributed by atoms with Gasteiger partial charge in [0.15, 0.2) is 0 Å². The summed E-state index contributed by atoms with van der Waals surface area (Å²) >= 11 is 7.01. The highest BCUT2D eigenvalue weighted by Gasteiger charge is 2.33. The molecule has 0 spiro atoms. The first kappa shape index (κ1) is 78.1. The van der Waals surface area contributed by atoms with E-state index in [0.29, 0.717) is 37.6 Å². The van der Waals surface area contributed by atoms with Crippen LogP contribution in [0.1, 0.15) is 251 Å². The van der Waals surface area contributed by atoms with Gasteiger partial charge in [0, 0.05) is 60.9 Å². The molecule has 6 nitrogen and oxygen atoms in total. The molecule has 12 rings (SSSR count). The number of unbranched alkanes of at least 4 members (excludes halogenated alkanes) is 18. The highest BCUT2D eigenvalue weighted by molar-refractivity contribution is 7.24. The predicted octanol–water partition coefficient (Wildman–Crippen LogP) is 29.9. The van der Waals surface area contributed by atoms with Gasteiger partial charge in [-0.2, -0.15) is 0 Å². The van der Waals surface area contributed by atoms with Gasteiger partial charge in [0.05, 0.1) is 60.6 Å².